The van der Waals surface area contributed by atoms with Crippen molar-refractivity contribution in [1.29, 1.82) is 0 Å². The highest BCUT2D eigenvalue weighted by atomic mass is 16.5. The van der Waals surface area contributed by atoms with Gasteiger partial charge in [0.2, 0.25) is 0 Å². The number of aryl methyl sites for hydroxylation is 1. The van der Waals surface area contributed by atoms with Crippen LogP contribution in [0.5, 0.6) is 5.75 Å². The summed E-state index contributed by atoms with van der Waals surface area (Å²) in [6.45, 7) is 6.16. The number of fused-ring (bicyclic) bond motifs is 1. The van der Waals surface area contributed by atoms with Gasteiger partial charge in [0.1, 0.15) is 0 Å². The first-order chi connectivity index (χ1) is 8.26. The molecule has 3 heteroatoms. The Morgan fingerprint density at radius 1 is 1.35 bits per heavy atom. The van der Waals surface area contributed by atoms with E-state index < -0.39 is 0 Å². The number of ether oxygens (including phenoxy) is 1. The number of methoxy groups -OCH3 is 1. The molecule has 0 saturated heterocycles. The van der Waals surface area contributed by atoms with Crippen molar-refractivity contribution in [3.05, 3.63) is 29.5 Å². The Hall–Kier alpha value is -1.48. The summed E-state index contributed by atoms with van der Waals surface area (Å²) in [6.07, 6.45) is 2.82. The Kier molecular flexibility index (Phi) is 3.69. The van der Waals surface area contributed by atoms with Crippen LogP contribution in [-0.2, 0) is 6.42 Å². The van der Waals surface area contributed by atoms with E-state index in [1.54, 1.807) is 7.11 Å². The van der Waals surface area contributed by atoms with Gasteiger partial charge in [0.15, 0.2) is 11.3 Å². The van der Waals surface area contributed by atoms with Crippen molar-refractivity contribution in [2.24, 2.45) is 0 Å². The third kappa shape index (κ3) is 2.44. The summed E-state index contributed by atoms with van der Waals surface area (Å²) in [5.41, 5.74) is 3.29. The predicted molar refractivity (Wildman–Crippen MR) is 69.8 cm³/mol. The van der Waals surface area contributed by atoms with E-state index in [1.807, 2.05) is 12.3 Å². The average Bonchev–Trinajstić information content (AvgIpc) is 2.72. The monoisotopic (exact) mass is 233 g/mol. The Morgan fingerprint density at radius 2 is 2.18 bits per heavy atom. The lowest BCUT2D eigenvalue weighted by Crippen LogP contribution is -2.15. The number of likely N-dealkylation sites (N-methyl/N-ethyl adjacent to an activating group) is 1. The molecule has 0 bridgehead atoms. The van der Waals surface area contributed by atoms with Gasteiger partial charge in [-0.3, -0.25) is 0 Å². The Balaban J connectivity index is 2.35. The molecule has 0 unspecified atom stereocenters. The second-order valence-electron chi connectivity index (χ2n) is 4.21. The third-order valence-corrected chi connectivity index (χ3v) is 2.91. The molecule has 92 valence electrons. The van der Waals surface area contributed by atoms with Crippen LogP contribution in [0.25, 0.3) is 11.0 Å². The van der Waals surface area contributed by atoms with Crippen molar-refractivity contribution < 1.29 is 9.15 Å². The summed E-state index contributed by atoms with van der Waals surface area (Å²) in [7, 11) is 1.68. The average molecular weight is 233 g/mol. The molecule has 0 spiro atoms. The van der Waals surface area contributed by atoms with Crippen molar-refractivity contribution in [3.63, 3.8) is 0 Å². The Bertz CT molecular complexity index is 502. The fraction of sp³-hybridized carbons (Fsp3) is 0.429. The van der Waals surface area contributed by atoms with Crippen molar-refractivity contribution in [1.82, 2.24) is 5.32 Å². The van der Waals surface area contributed by atoms with E-state index in [-0.39, 0.29) is 0 Å². The zero-order valence-electron chi connectivity index (χ0n) is 10.7. The summed E-state index contributed by atoms with van der Waals surface area (Å²) in [5.74, 6) is 0.815. The van der Waals surface area contributed by atoms with Crippen LogP contribution >= 0.6 is 0 Å². The van der Waals surface area contributed by atoms with Crippen molar-refractivity contribution in [2.75, 3.05) is 20.2 Å². The second-order valence-corrected chi connectivity index (χ2v) is 4.21. The summed E-state index contributed by atoms with van der Waals surface area (Å²) >= 11 is 0. The predicted octanol–water partition coefficient (Wildman–Crippen LogP) is 2.90. The number of rotatable bonds is 5. The number of benzene rings is 1. The lowest BCUT2D eigenvalue weighted by molar-refractivity contribution is 0.410. The third-order valence-electron chi connectivity index (χ3n) is 2.91. The van der Waals surface area contributed by atoms with Crippen LogP contribution in [0.2, 0.25) is 0 Å². The van der Waals surface area contributed by atoms with Crippen LogP contribution < -0.4 is 10.1 Å². The summed E-state index contributed by atoms with van der Waals surface area (Å²) < 4.78 is 10.9. The molecule has 0 saturated carbocycles. The summed E-state index contributed by atoms with van der Waals surface area (Å²) in [6, 6.07) is 4.16. The highest BCUT2D eigenvalue weighted by Crippen LogP contribution is 2.31. The van der Waals surface area contributed by atoms with Gasteiger partial charge in [-0.1, -0.05) is 6.92 Å². The van der Waals surface area contributed by atoms with Gasteiger partial charge in [-0.05, 0) is 49.7 Å². The summed E-state index contributed by atoms with van der Waals surface area (Å²) in [4.78, 5) is 0. The number of hydrogen-bond acceptors (Lipinski definition) is 3. The van der Waals surface area contributed by atoms with Gasteiger partial charge in [0.25, 0.3) is 0 Å². The highest BCUT2D eigenvalue weighted by molar-refractivity contribution is 5.87. The van der Waals surface area contributed by atoms with Gasteiger partial charge in [0, 0.05) is 5.39 Å². The van der Waals surface area contributed by atoms with Gasteiger partial charge in [-0.25, -0.2) is 0 Å². The molecule has 2 rings (SSSR count). The van der Waals surface area contributed by atoms with E-state index in [1.165, 1.54) is 16.5 Å². The smallest absolute Gasteiger partial charge is 0.175 e. The first kappa shape index (κ1) is 12.0. The number of furan rings is 1. The van der Waals surface area contributed by atoms with E-state index in [4.69, 9.17) is 9.15 Å². The first-order valence-corrected chi connectivity index (χ1v) is 6.01. The molecule has 3 nitrogen and oxygen atoms in total. The second kappa shape index (κ2) is 5.23. The highest BCUT2D eigenvalue weighted by Gasteiger charge is 2.11. The normalized spacial score (nSPS) is 11.0. The fourth-order valence-electron chi connectivity index (χ4n) is 2.04. The number of hydrogen-bond donors (Lipinski definition) is 1. The van der Waals surface area contributed by atoms with Crippen LogP contribution in [-0.4, -0.2) is 20.2 Å². The minimum Gasteiger partial charge on any atom is -0.493 e. The molecule has 0 atom stereocenters. The number of nitrogens with one attached hydrogen (secondary N) is 1. The molecule has 1 aromatic carbocycles. The van der Waals surface area contributed by atoms with Crippen molar-refractivity contribution >= 4 is 11.0 Å². The lowest BCUT2D eigenvalue weighted by Gasteiger charge is -2.03. The molecule has 1 aromatic heterocycles. The quantitative estimate of drug-likeness (QED) is 0.806. The Labute approximate surface area is 102 Å². The van der Waals surface area contributed by atoms with Crippen LogP contribution in [0.3, 0.4) is 0 Å². The van der Waals surface area contributed by atoms with Crippen molar-refractivity contribution in [3.8, 4) is 5.75 Å². The van der Waals surface area contributed by atoms with E-state index in [0.717, 1.165) is 30.8 Å². The van der Waals surface area contributed by atoms with Crippen LogP contribution in [0.15, 0.2) is 22.8 Å². The standard InChI is InChI=1S/C14H19NO2/c1-4-15-6-5-11-9-17-14-12(11)7-10(2)8-13(14)16-3/h7-9,15H,4-6H2,1-3H3. The SMILES string of the molecule is CCNCCc1coc2c(OC)cc(C)cc12. The molecule has 1 heterocycles. The molecule has 1 N–H and O–H groups in total. The minimum absolute atomic E-state index is 0.815. The zero-order valence-corrected chi connectivity index (χ0v) is 10.7. The van der Waals surface area contributed by atoms with E-state index in [0.29, 0.717) is 0 Å². The maximum Gasteiger partial charge on any atom is 0.175 e. The van der Waals surface area contributed by atoms with Crippen LogP contribution in [0, 0.1) is 6.92 Å². The lowest BCUT2D eigenvalue weighted by atomic mass is 10.1. The molecule has 17 heavy (non-hydrogen) atoms. The van der Waals surface area contributed by atoms with E-state index in [2.05, 4.69) is 25.2 Å². The first-order valence-electron chi connectivity index (χ1n) is 6.01. The van der Waals surface area contributed by atoms with Gasteiger partial charge in [-0.2, -0.15) is 0 Å². The van der Waals surface area contributed by atoms with E-state index in [9.17, 15) is 0 Å². The zero-order chi connectivity index (χ0) is 12.3. The van der Waals surface area contributed by atoms with Gasteiger partial charge in [-0.15, -0.1) is 0 Å². The molecular weight excluding hydrogens is 214 g/mol. The molecular formula is C14H19NO2. The molecule has 0 aliphatic carbocycles. The molecule has 0 fully saturated rings. The molecule has 0 amide bonds. The largest absolute Gasteiger partial charge is 0.493 e. The molecule has 0 aliphatic rings. The topological polar surface area (TPSA) is 34.4 Å². The molecule has 2 aromatic rings. The van der Waals surface area contributed by atoms with E-state index >= 15 is 0 Å². The van der Waals surface area contributed by atoms with Gasteiger partial charge < -0.3 is 14.5 Å². The van der Waals surface area contributed by atoms with Crippen LogP contribution in [0.4, 0.5) is 0 Å². The summed E-state index contributed by atoms with van der Waals surface area (Å²) in [5, 5.41) is 4.49. The fourth-order valence-corrected chi connectivity index (χ4v) is 2.04. The minimum atomic E-state index is 0.815. The maximum atomic E-state index is 5.60. The maximum absolute atomic E-state index is 5.60. The molecule has 0 aliphatic heterocycles. The van der Waals surface area contributed by atoms with Crippen molar-refractivity contribution in [2.45, 2.75) is 20.3 Å². The van der Waals surface area contributed by atoms with Crippen LogP contribution in [0.1, 0.15) is 18.1 Å². The Morgan fingerprint density at radius 3 is 2.88 bits per heavy atom. The van der Waals surface area contributed by atoms with Gasteiger partial charge in [0.05, 0.1) is 13.4 Å². The molecule has 0 radical (unpaired) electrons. The van der Waals surface area contributed by atoms with Gasteiger partial charge >= 0.3 is 0 Å².